The maximum Gasteiger partial charge on any atom is 0.248 e. The Morgan fingerprint density at radius 3 is 2.70 bits per heavy atom. The number of carbonyl (C=O) groups excluding carboxylic acids is 1. The van der Waals surface area contributed by atoms with Gasteiger partial charge in [-0.25, -0.2) is 0 Å². The van der Waals surface area contributed by atoms with Gasteiger partial charge in [-0.2, -0.15) is 0 Å². The lowest BCUT2D eigenvalue weighted by Crippen LogP contribution is -2.34. The van der Waals surface area contributed by atoms with Crippen LogP contribution in [0.25, 0.3) is 0 Å². The van der Waals surface area contributed by atoms with E-state index in [0.29, 0.717) is 11.6 Å². The van der Waals surface area contributed by atoms with Gasteiger partial charge in [0.25, 0.3) is 0 Å². The molecule has 0 bridgehead atoms. The van der Waals surface area contributed by atoms with Crippen LogP contribution < -0.4 is 11.1 Å². The van der Waals surface area contributed by atoms with E-state index >= 15 is 0 Å². The van der Waals surface area contributed by atoms with Gasteiger partial charge in [0.05, 0.1) is 0 Å². The van der Waals surface area contributed by atoms with Crippen LogP contribution in [-0.2, 0) is 0 Å². The number of benzene rings is 1. The smallest absolute Gasteiger partial charge is 0.248 e. The quantitative estimate of drug-likeness (QED) is 0.884. The van der Waals surface area contributed by atoms with E-state index < -0.39 is 0 Å². The second-order valence-corrected chi connectivity index (χ2v) is 6.40. The second-order valence-electron chi connectivity index (χ2n) is 6.40. The zero-order chi connectivity index (χ0) is 13.9. The molecule has 2 fully saturated rings. The van der Waals surface area contributed by atoms with Crippen LogP contribution in [0, 0.1) is 11.8 Å². The maximum absolute atomic E-state index is 11.2. The largest absolute Gasteiger partial charge is 0.382 e. The maximum atomic E-state index is 11.2. The van der Waals surface area contributed by atoms with E-state index in [1.807, 2.05) is 18.2 Å². The summed E-state index contributed by atoms with van der Waals surface area (Å²) in [5.41, 5.74) is 6.95. The Hall–Kier alpha value is -1.51. The first-order valence-electron chi connectivity index (χ1n) is 7.89. The van der Waals surface area contributed by atoms with Gasteiger partial charge in [0.1, 0.15) is 0 Å². The number of nitrogens with two attached hydrogens (primary N) is 1. The van der Waals surface area contributed by atoms with Crippen molar-refractivity contribution in [3.63, 3.8) is 0 Å². The van der Waals surface area contributed by atoms with Gasteiger partial charge < -0.3 is 11.1 Å². The first kappa shape index (κ1) is 13.5. The number of hydrogen-bond acceptors (Lipinski definition) is 2. The molecule has 0 spiro atoms. The van der Waals surface area contributed by atoms with Crippen LogP contribution in [0.1, 0.15) is 55.3 Å². The molecule has 1 amide bonds. The third kappa shape index (κ3) is 2.97. The van der Waals surface area contributed by atoms with Crippen molar-refractivity contribution in [1.29, 1.82) is 0 Å². The molecule has 0 aromatic heterocycles. The van der Waals surface area contributed by atoms with Crippen LogP contribution in [0.15, 0.2) is 24.3 Å². The fourth-order valence-electron chi connectivity index (χ4n) is 4.00. The first-order chi connectivity index (χ1) is 9.72. The lowest BCUT2D eigenvalue weighted by atomic mass is 9.69. The Bertz CT molecular complexity index is 486. The van der Waals surface area contributed by atoms with Gasteiger partial charge in [0.15, 0.2) is 0 Å². The van der Waals surface area contributed by atoms with E-state index in [1.165, 1.54) is 44.9 Å². The molecule has 1 aromatic rings. The van der Waals surface area contributed by atoms with Crippen molar-refractivity contribution in [2.24, 2.45) is 17.6 Å². The van der Waals surface area contributed by atoms with Gasteiger partial charge in [0.2, 0.25) is 5.91 Å². The number of primary amides is 1. The van der Waals surface area contributed by atoms with Crippen molar-refractivity contribution in [3.8, 4) is 0 Å². The Labute approximate surface area is 120 Å². The summed E-state index contributed by atoms with van der Waals surface area (Å²) in [5, 5.41) is 3.60. The molecule has 3 N–H and O–H groups in total. The van der Waals surface area contributed by atoms with E-state index in [0.717, 1.165) is 17.5 Å². The minimum Gasteiger partial charge on any atom is -0.382 e. The fourth-order valence-corrected chi connectivity index (χ4v) is 4.00. The van der Waals surface area contributed by atoms with Crippen molar-refractivity contribution in [1.82, 2.24) is 0 Å². The fraction of sp³-hybridized carbons (Fsp3) is 0.588. The van der Waals surface area contributed by atoms with Gasteiger partial charge in [-0.15, -0.1) is 0 Å². The molecule has 3 atom stereocenters. The van der Waals surface area contributed by atoms with E-state index in [-0.39, 0.29) is 5.91 Å². The highest BCUT2D eigenvalue weighted by Crippen LogP contribution is 2.41. The molecule has 3 rings (SSSR count). The average Bonchev–Trinajstić information content (AvgIpc) is 2.47. The topological polar surface area (TPSA) is 55.1 Å². The zero-order valence-corrected chi connectivity index (χ0v) is 12.0. The molecule has 1 aromatic carbocycles. The zero-order valence-electron chi connectivity index (χ0n) is 12.0. The van der Waals surface area contributed by atoms with Crippen molar-refractivity contribution in [2.45, 2.75) is 51.0 Å². The molecule has 2 aliphatic rings. The van der Waals surface area contributed by atoms with Crippen molar-refractivity contribution in [3.05, 3.63) is 29.8 Å². The number of anilines is 1. The first-order valence-corrected chi connectivity index (χ1v) is 7.89. The summed E-state index contributed by atoms with van der Waals surface area (Å²) >= 11 is 0. The lowest BCUT2D eigenvalue weighted by Gasteiger charge is -2.39. The molecule has 2 aliphatic carbocycles. The summed E-state index contributed by atoms with van der Waals surface area (Å²) in [4.78, 5) is 11.2. The van der Waals surface area contributed by atoms with E-state index in [1.54, 1.807) is 6.07 Å². The number of rotatable bonds is 3. The summed E-state index contributed by atoms with van der Waals surface area (Å²) < 4.78 is 0. The molecule has 3 nitrogen and oxygen atoms in total. The third-order valence-corrected chi connectivity index (χ3v) is 5.06. The van der Waals surface area contributed by atoms with E-state index in [2.05, 4.69) is 5.32 Å². The molecule has 0 heterocycles. The summed E-state index contributed by atoms with van der Waals surface area (Å²) in [5.74, 6) is 1.53. The van der Waals surface area contributed by atoms with Crippen molar-refractivity contribution < 1.29 is 4.79 Å². The molecule has 2 saturated carbocycles. The molecule has 0 radical (unpaired) electrons. The molecule has 3 heteroatoms. The number of hydrogen-bond donors (Lipinski definition) is 2. The number of carbonyl (C=O) groups is 1. The normalized spacial score (nSPS) is 29.5. The number of nitrogens with one attached hydrogen (secondary N) is 1. The summed E-state index contributed by atoms with van der Waals surface area (Å²) in [6, 6.07) is 8.12. The predicted molar refractivity (Wildman–Crippen MR) is 81.7 cm³/mol. The highest BCUT2D eigenvalue weighted by atomic mass is 16.1. The Morgan fingerprint density at radius 1 is 1.10 bits per heavy atom. The number of fused-ring (bicyclic) bond motifs is 1. The van der Waals surface area contributed by atoms with Crippen LogP contribution in [0.5, 0.6) is 0 Å². The highest BCUT2D eigenvalue weighted by Gasteiger charge is 2.31. The van der Waals surface area contributed by atoms with Crippen LogP contribution in [-0.4, -0.2) is 11.9 Å². The predicted octanol–water partition coefficient (Wildman–Crippen LogP) is 3.56. The third-order valence-electron chi connectivity index (χ3n) is 5.06. The van der Waals surface area contributed by atoms with E-state index in [9.17, 15) is 4.79 Å². The average molecular weight is 272 g/mol. The summed E-state index contributed by atoms with van der Waals surface area (Å²) in [6.07, 6.45) is 9.58. The van der Waals surface area contributed by atoms with Crippen LogP contribution in [0.3, 0.4) is 0 Å². The summed E-state index contributed by atoms with van der Waals surface area (Å²) in [7, 11) is 0. The minimum absolute atomic E-state index is 0.357. The van der Waals surface area contributed by atoms with Gasteiger partial charge in [-0.1, -0.05) is 31.7 Å². The number of amides is 1. The molecular weight excluding hydrogens is 248 g/mol. The van der Waals surface area contributed by atoms with Crippen LogP contribution in [0.4, 0.5) is 5.69 Å². The molecular formula is C17H24N2O. The van der Waals surface area contributed by atoms with Crippen LogP contribution in [0.2, 0.25) is 0 Å². The molecule has 0 saturated heterocycles. The Morgan fingerprint density at radius 2 is 1.90 bits per heavy atom. The highest BCUT2D eigenvalue weighted by molar-refractivity contribution is 5.93. The molecule has 108 valence electrons. The second kappa shape index (κ2) is 5.86. The van der Waals surface area contributed by atoms with E-state index in [4.69, 9.17) is 5.73 Å². The van der Waals surface area contributed by atoms with Gasteiger partial charge in [0, 0.05) is 17.3 Å². The molecule has 0 aliphatic heterocycles. The van der Waals surface area contributed by atoms with Gasteiger partial charge in [-0.05, 0) is 49.3 Å². The SMILES string of the molecule is NC(=O)c1cccc(NC2CCC3CCCCC3C2)c1. The minimum atomic E-state index is -0.357. The van der Waals surface area contributed by atoms with Gasteiger partial charge in [-0.3, -0.25) is 4.79 Å². The lowest BCUT2D eigenvalue weighted by molar-refractivity contribution is 0.100. The van der Waals surface area contributed by atoms with Crippen molar-refractivity contribution in [2.75, 3.05) is 5.32 Å². The van der Waals surface area contributed by atoms with Crippen molar-refractivity contribution >= 4 is 11.6 Å². The monoisotopic (exact) mass is 272 g/mol. The Kier molecular flexibility index (Phi) is 3.95. The van der Waals surface area contributed by atoms with Gasteiger partial charge >= 0.3 is 0 Å². The summed E-state index contributed by atoms with van der Waals surface area (Å²) in [6.45, 7) is 0. The van der Waals surface area contributed by atoms with Crippen LogP contribution >= 0.6 is 0 Å². The standard InChI is InChI=1S/C17H24N2O/c18-17(20)14-6-3-7-15(11-14)19-16-9-8-12-4-1-2-5-13(12)10-16/h3,6-7,11-13,16,19H,1-2,4-5,8-10H2,(H2,18,20). The molecule has 3 unspecified atom stereocenters. The Balaban J connectivity index is 1.63. The molecule has 20 heavy (non-hydrogen) atoms.